The molecule has 0 spiro atoms. The fraction of sp³-hybridized carbons (Fsp3) is 0.500. The minimum absolute atomic E-state index is 0.0241. The average Bonchev–Trinajstić information content (AvgIpc) is 3.26. The van der Waals surface area contributed by atoms with Crippen LogP contribution in [0.15, 0.2) is 11.0 Å². The fourth-order valence-corrected chi connectivity index (χ4v) is 4.50. The minimum atomic E-state index is -1.78. The molecule has 1 aromatic heterocycles. The van der Waals surface area contributed by atoms with Crippen LogP contribution in [0.25, 0.3) is 0 Å². The number of pyridine rings is 1. The molecule has 158 valence electrons. The van der Waals surface area contributed by atoms with Gasteiger partial charge < -0.3 is 0 Å². The molecule has 4 rings (SSSR count). The molecule has 1 aromatic rings. The Kier molecular flexibility index (Phi) is 5.35. The molecule has 3 aliphatic heterocycles. The Morgan fingerprint density at radius 1 is 1.31 bits per heavy atom. The van der Waals surface area contributed by atoms with E-state index < -0.39 is 58.0 Å². The van der Waals surface area contributed by atoms with Crippen LogP contribution in [0.1, 0.15) is 33.7 Å². The van der Waals surface area contributed by atoms with Gasteiger partial charge in [0.25, 0.3) is 0 Å². The number of fused-ring (bicyclic) bond motifs is 4. The van der Waals surface area contributed by atoms with Crippen molar-refractivity contribution in [3.8, 4) is 5.75 Å². The van der Waals surface area contributed by atoms with Crippen molar-refractivity contribution in [3.63, 3.8) is 0 Å². The summed E-state index contributed by atoms with van der Waals surface area (Å²) in [5.74, 6) is -1.77. The van der Waals surface area contributed by atoms with Gasteiger partial charge in [0.15, 0.2) is 0 Å². The number of amides is 2. The zero-order valence-electron chi connectivity index (χ0n) is 15.1. The molecule has 3 aliphatic rings. The van der Waals surface area contributed by atoms with Gasteiger partial charge in [0.2, 0.25) is 0 Å². The number of hydrogen-bond acceptors (Lipinski definition) is 9. The van der Waals surface area contributed by atoms with Gasteiger partial charge in [-0.25, -0.2) is 0 Å². The number of rotatable bonds is 5. The number of halogens is 1. The Balaban J connectivity index is 1.69. The van der Waals surface area contributed by atoms with Crippen LogP contribution in [0.2, 0.25) is 0 Å². The van der Waals surface area contributed by atoms with Crippen LogP contribution in [0.5, 0.6) is 5.75 Å². The molecule has 0 radical (unpaired) electrons. The molecule has 2 amide bonds. The second-order valence-electron chi connectivity index (χ2n) is 6.84. The summed E-state index contributed by atoms with van der Waals surface area (Å²) in [5.41, 5.74) is 4.10. The molecule has 0 unspecified atom stereocenters. The van der Waals surface area contributed by atoms with Crippen molar-refractivity contribution in [2.45, 2.75) is 31.6 Å². The number of primary amides is 1. The van der Waals surface area contributed by atoms with Gasteiger partial charge in [-0.1, -0.05) is 0 Å². The maximum atomic E-state index is 13.2. The van der Waals surface area contributed by atoms with E-state index in [1.165, 1.54) is 10.8 Å². The molecule has 4 heterocycles. The molecule has 13 heteroatoms. The number of aromatic nitrogens is 1. The third kappa shape index (κ3) is 3.42. The van der Waals surface area contributed by atoms with E-state index >= 15 is 0 Å². The van der Waals surface area contributed by atoms with E-state index in [-0.39, 0.29) is 23.5 Å². The first-order chi connectivity index (χ1) is 13.9. The van der Waals surface area contributed by atoms with Crippen molar-refractivity contribution in [2.75, 3.05) is 19.9 Å². The molecular formula is C16H18IN4O8-. The summed E-state index contributed by atoms with van der Waals surface area (Å²) < 4.78 is 24.3. The molecule has 0 aliphatic carbocycles. The van der Waals surface area contributed by atoms with Crippen LogP contribution in [-0.2, 0) is 14.3 Å². The standard InChI is InChI=1S/C16H18IN4O8/c18-14(23)9-5-19-6-10-20-3-1-2-8(20)4-21(10)15(24)11(19)13(12(9)22)27-7-28-16(25)29-17-26/h5,8,10,26H,1-4,6-7H2,(H2,18,23)/q-1/t8-,10+/m1/s1. The van der Waals surface area contributed by atoms with Crippen LogP contribution >= 0.6 is 0 Å². The number of carbonyl (C=O) groups excluding carboxylic acids is 3. The third-order valence-electron chi connectivity index (χ3n) is 5.38. The van der Waals surface area contributed by atoms with Gasteiger partial charge in [0.05, 0.1) is 0 Å². The summed E-state index contributed by atoms with van der Waals surface area (Å²) in [4.78, 5) is 52.8. The average molecular weight is 521 g/mol. The van der Waals surface area contributed by atoms with Gasteiger partial charge in [-0.2, -0.15) is 0 Å². The summed E-state index contributed by atoms with van der Waals surface area (Å²) in [6.45, 7) is 1.05. The monoisotopic (exact) mass is 521 g/mol. The second kappa shape index (κ2) is 7.79. The number of carbonyl (C=O) groups is 3. The number of ether oxygens (including phenoxy) is 2. The first-order valence-electron chi connectivity index (χ1n) is 8.81. The topological polar surface area (TPSA) is 154 Å². The Morgan fingerprint density at radius 2 is 2.10 bits per heavy atom. The molecule has 2 atom stereocenters. The Bertz CT molecular complexity index is 934. The molecule has 3 N–H and O–H groups in total. The molecule has 29 heavy (non-hydrogen) atoms. The van der Waals surface area contributed by atoms with Crippen molar-refractivity contribution in [1.82, 2.24) is 14.4 Å². The van der Waals surface area contributed by atoms with Gasteiger partial charge in [0.1, 0.15) is 0 Å². The second-order valence-corrected chi connectivity index (χ2v) is 7.68. The first kappa shape index (κ1) is 19.9. The molecule has 0 bridgehead atoms. The third-order valence-corrected chi connectivity index (χ3v) is 5.93. The van der Waals surface area contributed by atoms with Crippen molar-refractivity contribution in [3.05, 3.63) is 27.7 Å². The van der Waals surface area contributed by atoms with E-state index in [1.807, 2.05) is 0 Å². The summed E-state index contributed by atoms with van der Waals surface area (Å²) in [6, 6.07) is 0.269. The van der Waals surface area contributed by atoms with E-state index in [1.54, 1.807) is 4.90 Å². The molecule has 2 fully saturated rings. The molecule has 0 aromatic carbocycles. The number of nitrogens with two attached hydrogens (primary N) is 1. The van der Waals surface area contributed by atoms with Gasteiger partial charge in [-0.3, -0.25) is 0 Å². The number of hydrogen-bond donors (Lipinski definition) is 2. The van der Waals surface area contributed by atoms with Gasteiger partial charge in [0, 0.05) is 0 Å². The zero-order valence-corrected chi connectivity index (χ0v) is 17.2. The normalized spacial score (nSPS) is 22.8. The molecular weight excluding hydrogens is 503 g/mol. The van der Waals surface area contributed by atoms with Crippen molar-refractivity contribution >= 4 is 18.0 Å². The predicted octanol–water partition coefficient (Wildman–Crippen LogP) is -4.39. The Labute approximate surface area is 175 Å². The SMILES string of the molecule is NC(=O)c1cn2c(c(OCOC(=O)O[I-]O)c1=O)C(=O)N1C[C@H]3CCCN3[C@@H]1C2. The van der Waals surface area contributed by atoms with Gasteiger partial charge in [-0.05, 0) is 6.42 Å². The van der Waals surface area contributed by atoms with Crippen LogP contribution in [0, 0.1) is 0 Å². The van der Waals surface area contributed by atoms with E-state index in [0.717, 1.165) is 19.4 Å². The maximum absolute atomic E-state index is 13.2. The molecule has 0 saturated carbocycles. The fourth-order valence-electron chi connectivity index (χ4n) is 4.21. The number of nitrogens with zero attached hydrogens (tertiary/aromatic N) is 3. The van der Waals surface area contributed by atoms with E-state index in [4.69, 9.17) is 13.9 Å². The quantitative estimate of drug-likeness (QED) is 0.222. The van der Waals surface area contributed by atoms with Crippen molar-refractivity contribution in [1.29, 1.82) is 0 Å². The molecule has 2 saturated heterocycles. The summed E-state index contributed by atoms with van der Waals surface area (Å²) in [5, 5.41) is 0. The Hall–Kier alpha value is -2.39. The predicted molar refractivity (Wildman–Crippen MR) is 89.1 cm³/mol. The molecule has 12 nitrogen and oxygen atoms in total. The Morgan fingerprint density at radius 3 is 2.83 bits per heavy atom. The zero-order chi connectivity index (χ0) is 20.7. The van der Waals surface area contributed by atoms with E-state index in [0.29, 0.717) is 13.1 Å². The van der Waals surface area contributed by atoms with Crippen LogP contribution in [0.3, 0.4) is 0 Å². The first-order valence-corrected chi connectivity index (χ1v) is 10.7. The summed E-state index contributed by atoms with van der Waals surface area (Å²) >= 11 is -1.78. The van der Waals surface area contributed by atoms with Crippen molar-refractivity contribution < 1.29 is 52.4 Å². The summed E-state index contributed by atoms with van der Waals surface area (Å²) in [7, 11) is 0. The van der Waals surface area contributed by atoms with Crippen molar-refractivity contribution in [2.24, 2.45) is 5.73 Å². The summed E-state index contributed by atoms with van der Waals surface area (Å²) in [6.07, 6.45) is 1.99. The van der Waals surface area contributed by atoms with Gasteiger partial charge in [-0.15, -0.1) is 0 Å². The van der Waals surface area contributed by atoms with Crippen LogP contribution in [-0.4, -0.2) is 67.9 Å². The van der Waals surface area contributed by atoms with E-state index in [9.17, 15) is 19.2 Å². The van der Waals surface area contributed by atoms with Crippen LogP contribution in [0.4, 0.5) is 4.79 Å². The van der Waals surface area contributed by atoms with Crippen LogP contribution < -0.4 is 37.9 Å². The van der Waals surface area contributed by atoms with E-state index in [2.05, 4.69) is 12.7 Å². The van der Waals surface area contributed by atoms with Gasteiger partial charge >= 0.3 is 169 Å².